The highest BCUT2D eigenvalue weighted by Gasteiger charge is 2.22. The molecule has 0 unspecified atom stereocenters. The maximum absolute atomic E-state index is 12.6. The Hall–Kier alpha value is -0.590. The second-order valence-electron chi connectivity index (χ2n) is 4.02. The second kappa shape index (κ2) is 4.01. The third-order valence-electron chi connectivity index (χ3n) is 2.32. The zero-order valence-electron chi connectivity index (χ0n) is 8.74. The number of imidazole rings is 1. The first-order chi connectivity index (χ1) is 7.43. The van der Waals surface area contributed by atoms with E-state index >= 15 is 0 Å². The fourth-order valence-electron chi connectivity index (χ4n) is 1.58. The van der Waals surface area contributed by atoms with Crippen LogP contribution in [0.25, 0.3) is 11.0 Å². The van der Waals surface area contributed by atoms with Gasteiger partial charge < -0.3 is 5.11 Å². The monoisotopic (exact) mass is 304 g/mol. The van der Waals surface area contributed by atoms with Crippen LogP contribution in [0.1, 0.15) is 19.4 Å². The van der Waals surface area contributed by atoms with Crippen LogP contribution in [0.3, 0.4) is 0 Å². The zero-order valence-corrected chi connectivity index (χ0v) is 11.1. The Morgan fingerprint density at radius 2 is 2.19 bits per heavy atom. The molecule has 16 heavy (non-hydrogen) atoms. The summed E-state index contributed by atoms with van der Waals surface area (Å²) in [5.74, 6) is 0. The van der Waals surface area contributed by atoms with E-state index < -0.39 is 5.60 Å². The summed E-state index contributed by atoms with van der Waals surface area (Å²) < 4.78 is 14.7. The summed E-state index contributed by atoms with van der Waals surface area (Å²) in [5, 5.41) is 10.0. The topological polar surface area (TPSA) is 38.1 Å². The molecule has 0 aliphatic heterocycles. The lowest BCUT2D eigenvalue weighted by Crippen LogP contribution is -2.16. The molecule has 0 saturated carbocycles. The van der Waals surface area contributed by atoms with Crippen molar-refractivity contribution in [2.45, 2.75) is 19.4 Å². The minimum Gasteiger partial charge on any atom is -0.386 e. The summed E-state index contributed by atoms with van der Waals surface area (Å²) in [6.45, 7) is 3.35. The molecule has 1 aromatic carbocycles. The van der Waals surface area contributed by atoms with Crippen LogP contribution < -0.4 is 0 Å². The molecule has 0 aliphatic rings. The lowest BCUT2D eigenvalue weighted by molar-refractivity contribution is 0.0799. The van der Waals surface area contributed by atoms with Crippen LogP contribution in [-0.2, 0) is 5.60 Å². The van der Waals surface area contributed by atoms with E-state index in [4.69, 9.17) is 0 Å². The molecule has 3 nitrogen and oxygen atoms in total. The van der Waals surface area contributed by atoms with Gasteiger partial charge in [0.05, 0.1) is 16.6 Å². The number of fused-ring (bicyclic) bond motifs is 1. The number of rotatable bonds is 2. The summed E-state index contributed by atoms with van der Waals surface area (Å²) in [4.78, 5) is 4.12. The molecule has 6 heteroatoms. The first kappa shape index (κ1) is 11.9. The predicted octanol–water partition coefficient (Wildman–Crippen LogP) is 3.41. The van der Waals surface area contributed by atoms with E-state index in [0.29, 0.717) is 16.6 Å². The number of benzene rings is 1. The molecule has 0 amide bonds. The molecule has 0 atom stereocenters. The van der Waals surface area contributed by atoms with Crippen LogP contribution in [-0.4, -0.2) is 14.1 Å². The quantitative estimate of drug-likeness (QED) is 0.924. The second-order valence-corrected chi connectivity index (χ2v) is 5.47. The van der Waals surface area contributed by atoms with Gasteiger partial charge in [0.15, 0.2) is 12.3 Å². The van der Waals surface area contributed by atoms with Gasteiger partial charge >= 0.3 is 0 Å². The molecule has 1 N–H and O–H groups in total. The average molecular weight is 305 g/mol. The van der Waals surface area contributed by atoms with Gasteiger partial charge in [-0.2, -0.15) is 0 Å². The van der Waals surface area contributed by atoms with Crippen molar-refractivity contribution in [2.75, 3.05) is 0 Å². The van der Waals surface area contributed by atoms with Crippen molar-refractivity contribution in [1.29, 1.82) is 0 Å². The SMILES string of the molecule is CC(C)(O)c1cc(Br)cc2c1ncn2SF. The maximum atomic E-state index is 12.6. The lowest BCUT2D eigenvalue weighted by atomic mass is 9.97. The van der Waals surface area contributed by atoms with Gasteiger partial charge in [-0.25, -0.2) is 8.96 Å². The van der Waals surface area contributed by atoms with Crippen molar-refractivity contribution in [2.24, 2.45) is 0 Å². The fourth-order valence-corrected chi connectivity index (χ4v) is 2.32. The number of nitrogens with zero attached hydrogens (tertiary/aromatic N) is 2. The number of halogens is 2. The summed E-state index contributed by atoms with van der Waals surface area (Å²) in [5.41, 5.74) is 0.909. The third kappa shape index (κ3) is 1.97. The molecule has 0 radical (unpaired) electrons. The van der Waals surface area contributed by atoms with E-state index in [1.807, 2.05) is 0 Å². The molecule has 86 valence electrons. The standard InChI is InChI=1S/C10H10BrFN2OS/c1-10(2,15)7-3-6(11)4-8-9(7)13-5-14(8)16-12/h3-5,15H,1-2H3. The van der Waals surface area contributed by atoms with Crippen LogP contribution in [0.2, 0.25) is 0 Å². The van der Waals surface area contributed by atoms with Crippen LogP contribution in [0, 0.1) is 0 Å². The predicted molar refractivity (Wildman–Crippen MR) is 66.8 cm³/mol. The minimum absolute atomic E-state index is 0.0847. The maximum Gasteiger partial charge on any atom is 0.171 e. The first-order valence-corrected chi connectivity index (χ1v) is 6.08. The highest BCUT2D eigenvalue weighted by Crippen LogP contribution is 2.32. The van der Waals surface area contributed by atoms with E-state index in [1.54, 1.807) is 26.0 Å². The molecular weight excluding hydrogens is 295 g/mol. The van der Waals surface area contributed by atoms with Gasteiger partial charge in [-0.1, -0.05) is 15.9 Å². The normalized spacial score (nSPS) is 12.3. The number of aliphatic hydroxyl groups is 1. The average Bonchev–Trinajstić information content (AvgIpc) is 2.57. The van der Waals surface area contributed by atoms with Gasteiger partial charge in [-0.3, -0.25) is 0 Å². The van der Waals surface area contributed by atoms with Gasteiger partial charge in [0.2, 0.25) is 0 Å². The summed E-state index contributed by atoms with van der Waals surface area (Å²) in [6.07, 6.45) is 1.40. The lowest BCUT2D eigenvalue weighted by Gasteiger charge is -2.18. The molecule has 0 saturated heterocycles. The Morgan fingerprint density at radius 3 is 2.75 bits per heavy atom. The fraction of sp³-hybridized carbons (Fsp3) is 0.300. The van der Waals surface area contributed by atoms with Crippen molar-refractivity contribution in [3.63, 3.8) is 0 Å². The highest BCUT2D eigenvalue weighted by molar-refractivity contribution is 9.10. The van der Waals surface area contributed by atoms with Crippen LogP contribution in [0.4, 0.5) is 3.89 Å². The molecule has 2 rings (SSSR count). The van der Waals surface area contributed by atoms with Gasteiger partial charge in [0, 0.05) is 10.0 Å². The van der Waals surface area contributed by atoms with E-state index in [0.717, 1.165) is 4.47 Å². The van der Waals surface area contributed by atoms with Crippen LogP contribution in [0.15, 0.2) is 22.9 Å². The Labute approximate surface area is 105 Å². The summed E-state index contributed by atoms with van der Waals surface area (Å²) in [7, 11) is 0. The highest BCUT2D eigenvalue weighted by atomic mass is 79.9. The largest absolute Gasteiger partial charge is 0.386 e. The molecular formula is C10H10BrFN2OS. The zero-order chi connectivity index (χ0) is 11.9. The van der Waals surface area contributed by atoms with Crippen molar-refractivity contribution in [3.05, 3.63) is 28.5 Å². The van der Waals surface area contributed by atoms with Crippen LogP contribution >= 0.6 is 28.3 Å². The number of hydrogen-bond acceptors (Lipinski definition) is 3. The summed E-state index contributed by atoms with van der Waals surface area (Å²) in [6, 6.07) is 3.56. The molecule has 0 spiro atoms. The Morgan fingerprint density at radius 1 is 1.50 bits per heavy atom. The Balaban J connectivity index is 2.80. The van der Waals surface area contributed by atoms with Gasteiger partial charge in [0.1, 0.15) is 6.33 Å². The van der Waals surface area contributed by atoms with Gasteiger partial charge in [-0.15, -0.1) is 3.89 Å². The van der Waals surface area contributed by atoms with E-state index in [-0.39, 0.29) is 12.3 Å². The number of aromatic nitrogens is 2. The molecule has 1 aromatic heterocycles. The minimum atomic E-state index is -1.01. The van der Waals surface area contributed by atoms with E-state index in [2.05, 4.69) is 20.9 Å². The van der Waals surface area contributed by atoms with Crippen molar-refractivity contribution in [3.8, 4) is 0 Å². The van der Waals surface area contributed by atoms with Crippen molar-refractivity contribution >= 4 is 39.3 Å². The van der Waals surface area contributed by atoms with Crippen molar-refractivity contribution < 1.29 is 8.99 Å². The summed E-state index contributed by atoms with van der Waals surface area (Å²) >= 11 is 3.42. The third-order valence-corrected chi connectivity index (χ3v) is 3.21. The van der Waals surface area contributed by atoms with Crippen LogP contribution in [0.5, 0.6) is 0 Å². The van der Waals surface area contributed by atoms with E-state index in [1.165, 1.54) is 10.3 Å². The first-order valence-electron chi connectivity index (χ1n) is 4.62. The van der Waals surface area contributed by atoms with Gasteiger partial charge in [0.25, 0.3) is 0 Å². The molecule has 0 fully saturated rings. The molecule has 0 bridgehead atoms. The Kier molecular flexibility index (Phi) is 2.98. The van der Waals surface area contributed by atoms with E-state index in [9.17, 15) is 8.99 Å². The van der Waals surface area contributed by atoms with Gasteiger partial charge in [-0.05, 0) is 26.0 Å². The number of hydrogen-bond donors (Lipinski definition) is 1. The smallest absolute Gasteiger partial charge is 0.171 e. The van der Waals surface area contributed by atoms with Crippen molar-refractivity contribution in [1.82, 2.24) is 8.96 Å². The Bertz CT molecular complexity index is 535. The molecule has 1 heterocycles. The molecule has 2 aromatic rings. The molecule has 0 aliphatic carbocycles.